The van der Waals surface area contributed by atoms with E-state index in [-0.39, 0.29) is 5.75 Å². The van der Waals surface area contributed by atoms with Gasteiger partial charge in [0.05, 0.1) is 11.4 Å². The van der Waals surface area contributed by atoms with Gasteiger partial charge in [0.25, 0.3) is 0 Å². The molecule has 0 aliphatic rings. The van der Waals surface area contributed by atoms with Crippen molar-refractivity contribution in [2.24, 2.45) is 0 Å². The summed E-state index contributed by atoms with van der Waals surface area (Å²) in [6.45, 7) is -1.35. The van der Waals surface area contributed by atoms with Gasteiger partial charge in [0.15, 0.2) is 5.16 Å². The highest BCUT2D eigenvalue weighted by atomic mass is 35.5. The van der Waals surface area contributed by atoms with E-state index in [1.54, 1.807) is 34.1 Å². The summed E-state index contributed by atoms with van der Waals surface area (Å²) >= 11 is 6.87. The predicted octanol–water partition coefficient (Wildman–Crippen LogP) is 2.69. The van der Waals surface area contributed by atoms with Crippen molar-refractivity contribution in [3.8, 4) is 5.69 Å². The average molecular weight is 351 g/mol. The Labute approximate surface area is 132 Å². The van der Waals surface area contributed by atoms with Gasteiger partial charge in [-0.2, -0.15) is 13.2 Å². The Morgan fingerprint density at radius 3 is 2.86 bits per heavy atom. The molecule has 0 unspecified atom stereocenters. The van der Waals surface area contributed by atoms with Crippen molar-refractivity contribution in [3.63, 3.8) is 0 Å². The van der Waals surface area contributed by atoms with Crippen LogP contribution in [0, 0.1) is 0 Å². The largest absolute Gasteiger partial charge is 0.405 e. The second-order valence-corrected chi connectivity index (χ2v) is 5.52. The highest BCUT2D eigenvalue weighted by molar-refractivity contribution is 7.99. The number of halogens is 4. The topological polar surface area (TPSA) is 59.8 Å². The molecule has 1 aromatic heterocycles. The fourth-order valence-corrected chi connectivity index (χ4v) is 2.45. The number of benzene rings is 1. The van der Waals surface area contributed by atoms with Gasteiger partial charge < -0.3 is 5.32 Å². The van der Waals surface area contributed by atoms with Gasteiger partial charge in [-0.15, -0.1) is 10.2 Å². The lowest BCUT2D eigenvalue weighted by atomic mass is 10.3. The van der Waals surface area contributed by atoms with E-state index in [9.17, 15) is 18.0 Å². The molecule has 0 aliphatic carbocycles. The van der Waals surface area contributed by atoms with Gasteiger partial charge in [-0.05, 0) is 18.2 Å². The lowest BCUT2D eigenvalue weighted by molar-refractivity contribution is -0.136. The number of amides is 1. The molecule has 2 aromatic rings. The zero-order valence-electron chi connectivity index (χ0n) is 11.0. The van der Waals surface area contributed by atoms with Crippen LogP contribution >= 0.6 is 23.4 Å². The standard InChI is InChI=1S/C12H10ClF3N4OS/c13-8-2-1-3-9(4-8)20-7-18-19-11(20)22-5-10(21)17-6-12(14,15)16/h1-4,7H,5-6H2,(H,17,21). The average Bonchev–Trinajstić information content (AvgIpc) is 2.90. The third kappa shape index (κ3) is 4.92. The van der Waals surface area contributed by atoms with Crippen LogP contribution in [0.25, 0.3) is 5.69 Å². The second-order valence-electron chi connectivity index (χ2n) is 4.14. The molecule has 0 atom stereocenters. The van der Waals surface area contributed by atoms with Crippen LogP contribution in [0.2, 0.25) is 5.02 Å². The molecule has 0 radical (unpaired) electrons. The zero-order valence-corrected chi connectivity index (χ0v) is 12.5. The van der Waals surface area contributed by atoms with Crippen molar-refractivity contribution in [2.45, 2.75) is 11.3 Å². The number of nitrogens with zero attached hydrogens (tertiary/aromatic N) is 3. The number of thioether (sulfide) groups is 1. The van der Waals surface area contributed by atoms with E-state index in [0.717, 1.165) is 11.8 Å². The van der Waals surface area contributed by atoms with Gasteiger partial charge in [0.2, 0.25) is 5.91 Å². The number of hydrogen-bond acceptors (Lipinski definition) is 4. The molecule has 0 fully saturated rings. The normalized spacial score (nSPS) is 11.5. The fourth-order valence-electron chi connectivity index (χ4n) is 1.51. The summed E-state index contributed by atoms with van der Waals surface area (Å²) in [6, 6.07) is 6.89. The van der Waals surface area contributed by atoms with Crippen molar-refractivity contribution < 1.29 is 18.0 Å². The maximum absolute atomic E-state index is 12.0. The minimum Gasteiger partial charge on any atom is -0.346 e. The maximum atomic E-state index is 12.0. The van der Waals surface area contributed by atoms with Gasteiger partial charge in [-0.25, -0.2) is 0 Å². The fraction of sp³-hybridized carbons (Fsp3) is 0.250. The molecule has 118 valence electrons. The monoisotopic (exact) mass is 350 g/mol. The molecule has 0 aliphatic heterocycles. The number of aromatic nitrogens is 3. The molecule has 0 bridgehead atoms. The van der Waals surface area contributed by atoms with E-state index in [4.69, 9.17) is 11.6 Å². The number of rotatable bonds is 5. The van der Waals surface area contributed by atoms with E-state index < -0.39 is 18.6 Å². The van der Waals surface area contributed by atoms with Crippen molar-refractivity contribution in [1.29, 1.82) is 0 Å². The summed E-state index contributed by atoms with van der Waals surface area (Å²) in [5, 5.41) is 10.3. The summed E-state index contributed by atoms with van der Waals surface area (Å²) in [7, 11) is 0. The van der Waals surface area contributed by atoms with Gasteiger partial charge in [-0.1, -0.05) is 29.4 Å². The first-order valence-electron chi connectivity index (χ1n) is 5.97. The smallest absolute Gasteiger partial charge is 0.346 e. The van der Waals surface area contributed by atoms with Crippen LogP contribution in [0.4, 0.5) is 13.2 Å². The van der Waals surface area contributed by atoms with E-state index >= 15 is 0 Å². The minimum atomic E-state index is -4.43. The second kappa shape index (κ2) is 7.01. The molecule has 1 aromatic carbocycles. The van der Waals surface area contributed by atoms with Crippen LogP contribution in [-0.2, 0) is 4.79 Å². The minimum absolute atomic E-state index is 0.199. The number of nitrogens with one attached hydrogen (secondary N) is 1. The third-order valence-corrected chi connectivity index (χ3v) is 3.60. The molecule has 10 heteroatoms. The predicted molar refractivity (Wildman–Crippen MR) is 76.2 cm³/mol. The molecule has 22 heavy (non-hydrogen) atoms. The highest BCUT2D eigenvalue weighted by Crippen LogP contribution is 2.21. The Bertz CT molecular complexity index is 662. The molecule has 5 nitrogen and oxygen atoms in total. The molecular weight excluding hydrogens is 341 g/mol. The van der Waals surface area contributed by atoms with Crippen molar-refractivity contribution in [1.82, 2.24) is 20.1 Å². The van der Waals surface area contributed by atoms with Gasteiger partial charge in [-0.3, -0.25) is 9.36 Å². The molecule has 0 saturated heterocycles. The molecule has 0 saturated carbocycles. The van der Waals surface area contributed by atoms with Crippen LogP contribution in [0.3, 0.4) is 0 Å². The van der Waals surface area contributed by atoms with Crippen LogP contribution in [-0.4, -0.2) is 39.1 Å². The lowest BCUT2D eigenvalue weighted by Gasteiger charge is -2.08. The summed E-state index contributed by atoms with van der Waals surface area (Å²) in [5.41, 5.74) is 0.690. The lowest BCUT2D eigenvalue weighted by Crippen LogP contribution is -2.34. The summed E-state index contributed by atoms with van der Waals surface area (Å²) in [6.07, 6.45) is -3.00. The molecule has 2 rings (SSSR count). The van der Waals surface area contributed by atoms with Crippen molar-refractivity contribution in [3.05, 3.63) is 35.6 Å². The Morgan fingerprint density at radius 1 is 1.41 bits per heavy atom. The quantitative estimate of drug-likeness (QED) is 0.842. The van der Waals surface area contributed by atoms with Crippen LogP contribution in [0.5, 0.6) is 0 Å². The number of hydrogen-bond donors (Lipinski definition) is 1. The summed E-state index contributed by atoms with van der Waals surface area (Å²) in [4.78, 5) is 11.4. The molecular formula is C12H10ClF3N4OS. The molecule has 0 spiro atoms. The highest BCUT2D eigenvalue weighted by Gasteiger charge is 2.27. The van der Waals surface area contributed by atoms with Crippen molar-refractivity contribution >= 4 is 29.3 Å². The van der Waals surface area contributed by atoms with Crippen LogP contribution in [0.1, 0.15) is 0 Å². The molecule has 1 heterocycles. The summed E-state index contributed by atoms with van der Waals surface area (Å²) < 4.78 is 37.6. The van der Waals surface area contributed by atoms with Crippen molar-refractivity contribution in [2.75, 3.05) is 12.3 Å². The first-order chi connectivity index (χ1) is 10.3. The van der Waals surface area contributed by atoms with Gasteiger partial charge in [0.1, 0.15) is 12.9 Å². The Kier molecular flexibility index (Phi) is 5.30. The van der Waals surface area contributed by atoms with Crippen LogP contribution < -0.4 is 5.32 Å². The number of carbonyl (C=O) groups excluding carboxylic acids is 1. The third-order valence-electron chi connectivity index (χ3n) is 2.42. The Balaban J connectivity index is 1.98. The van der Waals surface area contributed by atoms with E-state index in [1.807, 2.05) is 0 Å². The SMILES string of the molecule is O=C(CSc1nncn1-c1cccc(Cl)c1)NCC(F)(F)F. The maximum Gasteiger partial charge on any atom is 0.405 e. The van der Waals surface area contributed by atoms with E-state index in [0.29, 0.717) is 15.9 Å². The van der Waals surface area contributed by atoms with E-state index in [1.165, 1.54) is 6.33 Å². The Hall–Kier alpha value is -1.74. The Morgan fingerprint density at radius 2 is 2.18 bits per heavy atom. The molecule has 1 amide bonds. The number of carbonyl (C=O) groups is 1. The van der Waals surface area contributed by atoms with Crippen LogP contribution in [0.15, 0.2) is 35.7 Å². The van der Waals surface area contributed by atoms with E-state index in [2.05, 4.69) is 10.2 Å². The molecule has 1 N–H and O–H groups in total. The zero-order chi connectivity index (χ0) is 16.2. The van der Waals surface area contributed by atoms with Gasteiger partial charge in [0, 0.05) is 5.02 Å². The first kappa shape index (κ1) is 16.6. The number of alkyl halides is 3. The van der Waals surface area contributed by atoms with Gasteiger partial charge >= 0.3 is 6.18 Å². The summed E-state index contributed by atoms with van der Waals surface area (Å²) in [5.74, 6) is -0.932. The first-order valence-corrected chi connectivity index (χ1v) is 7.34.